The van der Waals surface area contributed by atoms with Crippen molar-refractivity contribution < 1.29 is 0 Å². The fourth-order valence-electron chi connectivity index (χ4n) is 3.28. The predicted octanol–water partition coefficient (Wildman–Crippen LogP) is 4.40. The Morgan fingerprint density at radius 1 is 1.15 bits per heavy atom. The van der Waals surface area contributed by atoms with E-state index in [4.69, 9.17) is 28.2 Å². The maximum atomic E-state index is 11.9. The lowest BCUT2D eigenvalue weighted by Crippen LogP contribution is -2.16. The van der Waals surface area contributed by atoms with Crippen molar-refractivity contribution in [2.24, 2.45) is 4.99 Å². The molecule has 0 saturated heterocycles. The number of aryl methyl sites for hydroxylation is 2. The van der Waals surface area contributed by atoms with Crippen LogP contribution in [0, 0.1) is 13.8 Å². The number of hydrogen-bond acceptors (Lipinski definition) is 3. The van der Waals surface area contributed by atoms with Crippen LogP contribution in [0.5, 0.6) is 0 Å². The normalized spacial score (nSPS) is 15.9. The Bertz CT molecular complexity index is 1130. The summed E-state index contributed by atoms with van der Waals surface area (Å²) in [5.41, 5.74) is 4.29. The second-order valence-electron chi connectivity index (χ2n) is 6.38. The van der Waals surface area contributed by atoms with E-state index < -0.39 is 0 Å². The Hall–Kier alpha value is -2.37. The van der Waals surface area contributed by atoms with Crippen LogP contribution in [-0.4, -0.2) is 20.2 Å². The molecular formula is C19H16Cl2N4O. The van der Waals surface area contributed by atoms with Gasteiger partial charge in [-0.2, -0.15) is 0 Å². The van der Waals surface area contributed by atoms with Crippen molar-refractivity contribution in [1.82, 2.24) is 14.5 Å². The molecule has 0 radical (unpaired) electrons. The highest BCUT2D eigenvalue weighted by atomic mass is 35.5. The third-order valence-corrected chi connectivity index (χ3v) is 5.36. The molecule has 26 heavy (non-hydrogen) atoms. The Labute approximate surface area is 160 Å². The highest BCUT2D eigenvalue weighted by Crippen LogP contribution is 2.36. The minimum absolute atomic E-state index is 0.234. The molecule has 0 bridgehead atoms. The number of H-pyrrole nitrogens is 1. The minimum atomic E-state index is -0.247. The van der Waals surface area contributed by atoms with Gasteiger partial charge < -0.3 is 4.98 Å². The Morgan fingerprint density at radius 3 is 2.69 bits per heavy atom. The van der Waals surface area contributed by atoms with Gasteiger partial charge in [-0.3, -0.25) is 14.4 Å². The van der Waals surface area contributed by atoms with Gasteiger partial charge in [0.1, 0.15) is 11.9 Å². The van der Waals surface area contributed by atoms with Crippen LogP contribution in [0.4, 0.5) is 0 Å². The highest BCUT2D eigenvalue weighted by Gasteiger charge is 2.28. The van der Waals surface area contributed by atoms with Gasteiger partial charge in [-0.15, -0.1) is 0 Å². The molecule has 0 amide bonds. The summed E-state index contributed by atoms with van der Waals surface area (Å²) in [6.45, 7) is 5.88. The van der Waals surface area contributed by atoms with Crippen LogP contribution in [0.15, 0.2) is 40.2 Å². The molecule has 1 aliphatic rings. The van der Waals surface area contributed by atoms with E-state index in [9.17, 15) is 4.79 Å². The van der Waals surface area contributed by atoms with Crippen LogP contribution < -0.4 is 5.56 Å². The number of rotatable bonds is 1. The molecule has 1 aliphatic heterocycles. The molecule has 2 aromatic heterocycles. The molecule has 3 aromatic rings. The van der Waals surface area contributed by atoms with Crippen LogP contribution in [0.1, 0.15) is 41.3 Å². The van der Waals surface area contributed by atoms with E-state index in [0.29, 0.717) is 21.5 Å². The standard InChI is InChI=1S/C19H16Cl2N4O/c1-9-4-6-13-15(16(9)21)18(17-12(20)5-7-14(26)24-17)23-11(3)19-22-8-10(2)25(13)19/h4-8,11H,1-3H3,(H,24,26)/t11-/m0/s1. The van der Waals surface area contributed by atoms with Crippen molar-refractivity contribution in [2.75, 3.05) is 0 Å². The summed E-state index contributed by atoms with van der Waals surface area (Å²) < 4.78 is 2.05. The second-order valence-corrected chi connectivity index (χ2v) is 7.17. The van der Waals surface area contributed by atoms with E-state index in [0.717, 1.165) is 28.3 Å². The van der Waals surface area contributed by atoms with Crippen LogP contribution in [0.3, 0.4) is 0 Å². The summed E-state index contributed by atoms with van der Waals surface area (Å²) in [4.78, 5) is 24.1. The lowest BCUT2D eigenvalue weighted by molar-refractivity contribution is 0.725. The first-order valence-corrected chi connectivity index (χ1v) is 8.95. The molecule has 0 aliphatic carbocycles. The molecular weight excluding hydrogens is 371 g/mol. The number of nitrogens with zero attached hydrogens (tertiary/aromatic N) is 3. The number of aromatic amines is 1. The van der Waals surface area contributed by atoms with Crippen molar-refractivity contribution in [3.05, 3.63) is 79.2 Å². The SMILES string of the molecule is Cc1ccc2c(c1Cl)C(c1[nH]c(=O)ccc1Cl)=N[C@@H](C)c1ncc(C)n1-2. The lowest BCUT2D eigenvalue weighted by Gasteiger charge is -2.16. The molecule has 5 nitrogen and oxygen atoms in total. The zero-order chi connectivity index (χ0) is 18.6. The summed E-state index contributed by atoms with van der Waals surface area (Å²) in [6, 6.07) is 6.69. The summed E-state index contributed by atoms with van der Waals surface area (Å²) in [7, 11) is 0. The van der Waals surface area contributed by atoms with Crippen molar-refractivity contribution in [2.45, 2.75) is 26.8 Å². The van der Waals surface area contributed by atoms with Crippen molar-refractivity contribution in [3.8, 4) is 5.69 Å². The number of pyridine rings is 1. The molecule has 3 heterocycles. The number of imidazole rings is 1. The van der Waals surface area contributed by atoms with Gasteiger partial charge in [0.15, 0.2) is 0 Å². The van der Waals surface area contributed by atoms with Crippen LogP contribution in [-0.2, 0) is 0 Å². The maximum Gasteiger partial charge on any atom is 0.248 e. The molecule has 132 valence electrons. The third-order valence-electron chi connectivity index (χ3n) is 4.56. The fourth-order valence-corrected chi connectivity index (χ4v) is 3.73. The molecule has 0 spiro atoms. The van der Waals surface area contributed by atoms with Crippen molar-refractivity contribution in [3.63, 3.8) is 0 Å². The molecule has 7 heteroatoms. The molecule has 1 aromatic carbocycles. The monoisotopic (exact) mass is 386 g/mol. The van der Waals surface area contributed by atoms with E-state index in [1.807, 2.05) is 39.1 Å². The number of aliphatic imine (C=N–C) groups is 1. The largest absolute Gasteiger partial charge is 0.319 e. The Morgan fingerprint density at radius 2 is 1.92 bits per heavy atom. The number of hydrogen-bond donors (Lipinski definition) is 1. The van der Waals surface area contributed by atoms with Gasteiger partial charge in [0.05, 0.1) is 27.1 Å². The topological polar surface area (TPSA) is 63.0 Å². The van der Waals surface area contributed by atoms with Gasteiger partial charge in [0.25, 0.3) is 0 Å². The molecule has 0 saturated carbocycles. The molecule has 0 fully saturated rings. The zero-order valence-electron chi connectivity index (χ0n) is 14.5. The van der Waals surface area contributed by atoms with Crippen LogP contribution >= 0.6 is 23.2 Å². The molecule has 1 N–H and O–H groups in total. The van der Waals surface area contributed by atoms with Crippen molar-refractivity contribution >= 4 is 28.9 Å². The highest BCUT2D eigenvalue weighted by molar-refractivity contribution is 6.39. The predicted molar refractivity (Wildman–Crippen MR) is 104 cm³/mol. The first-order valence-electron chi connectivity index (χ1n) is 8.19. The smallest absolute Gasteiger partial charge is 0.248 e. The van der Waals surface area contributed by atoms with Crippen molar-refractivity contribution in [1.29, 1.82) is 0 Å². The van der Waals surface area contributed by atoms with Gasteiger partial charge in [0, 0.05) is 23.5 Å². The van der Waals surface area contributed by atoms with Gasteiger partial charge in [0.2, 0.25) is 5.56 Å². The van der Waals surface area contributed by atoms with E-state index in [-0.39, 0.29) is 11.6 Å². The summed E-state index contributed by atoms with van der Waals surface area (Å²) >= 11 is 13.1. The number of benzene rings is 1. The number of halogens is 2. The summed E-state index contributed by atoms with van der Waals surface area (Å²) in [5, 5.41) is 0.991. The average molecular weight is 387 g/mol. The summed E-state index contributed by atoms with van der Waals surface area (Å²) in [5.74, 6) is 0.813. The van der Waals surface area contributed by atoms with E-state index in [2.05, 4.69) is 14.5 Å². The average Bonchev–Trinajstić information content (AvgIpc) is 2.93. The number of nitrogens with one attached hydrogen (secondary N) is 1. The van der Waals surface area contributed by atoms with Gasteiger partial charge in [-0.1, -0.05) is 29.3 Å². The van der Waals surface area contributed by atoms with Gasteiger partial charge >= 0.3 is 0 Å². The molecule has 1 atom stereocenters. The fraction of sp³-hybridized carbons (Fsp3) is 0.211. The lowest BCUT2D eigenvalue weighted by atomic mass is 10.0. The van der Waals surface area contributed by atoms with Crippen LogP contribution in [0.25, 0.3) is 5.69 Å². The number of fused-ring (bicyclic) bond motifs is 3. The van der Waals surface area contributed by atoms with Crippen LogP contribution in [0.2, 0.25) is 10.0 Å². The first kappa shape index (κ1) is 17.1. The first-order chi connectivity index (χ1) is 12.4. The van der Waals surface area contributed by atoms with E-state index in [1.165, 1.54) is 6.07 Å². The Kier molecular flexibility index (Phi) is 4.01. The Balaban J connectivity index is 2.14. The quantitative estimate of drug-likeness (QED) is 0.673. The van der Waals surface area contributed by atoms with Gasteiger partial charge in [-0.25, -0.2) is 4.98 Å². The number of aromatic nitrogens is 3. The second kappa shape index (κ2) is 6.11. The van der Waals surface area contributed by atoms with E-state index >= 15 is 0 Å². The summed E-state index contributed by atoms with van der Waals surface area (Å²) in [6.07, 6.45) is 1.82. The third kappa shape index (κ3) is 2.50. The zero-order valence-corrected chi connectivity index (χ0v) is 16.0. The van der Waals surface area contributed by atoms with Gasteiger partial charge in [-0.05, 0) is 38.5 Å². The molecule has 0 unspecified atom stereocenters. The van der Waals surface area contributed by atoms with E-state index in [1.54, 1.807) is 6.07 Å². The minimum Gasteiger partial charge on any atom is -0.319 e. The maximum absolute atomic E-state index is 11.9. The molecule has 4 rings (SSSR count).